The molecule has 0 unspecified atom stereocenters. The highest BCUT2D eigenvalue weighted by atomic mass is 16.5. The van der Waals surface area contributed by atoms with Crippen LogP contribution < -0.4 is 10.1 Å². The summed E-state index contributed by atoms with van der Waals surface area (Å²) in [6.45, 7) is 1.33. The quantitative estimate of drug-likeness (QED) is 0.746. The number of nitrogens with zero attached hydrogens (tertiary/aromatic N) is 1. The van der Waals surface area contributed by atoms with Crippen LogP contribution in [0, 0.1) is 0 Å². The molecule has 1 aromatic rings. The number of ether oxygens (including phenoxy) is 1. The molecule has 1 fully saturated rings. The number of carbonyl (C=O) groups excluding carboxylic acids is 1. The fraction of sp³-hybridized carbons (Fsp3) is 0.467. The maximum Gasteiger partial charge on any atom is 0.335 e. The topological polar surface area (TPSA) is 78.9 Å². The van der Waals surface area contributed by atoms with Gasteiger partial charge in [0.2, 0.25) is 5.91 Å². The monoisotopic (exact) mass is 292 g/mol. The molecule has 0 spiro atoms. The zero-order valence-electron chi connectivity index (χ0n) is 12.0. The van der Waals surface area contributed by atoms with Gasteiger partial charge in [-0.3, -0.25) is 9.69 Å². The van der Waals surface area contributed by atoms with Gasteiger partial charge < -0.3 is 15.2 Å². The van der Waals surface area contributed by atoms with Crippen LogP contribution in [0.15, 0.2) is 24.3 Å². The molecule has 0 atom stereocenters. The predicted octanol–water partition coefficient (Wildman–Crippen LogP) is 0.974. The fourth-order valence-electron chi connectivity index (χ4n) is 1.86. The van der Waals surface area contributed by atoms with Crippen LogP contribution in [-0.2, 0) is 4.79 Å². The van der Waals surface area contributed by atoms with E-state index in [1.807, 2.05) is 11.9 Å². The van der Waals surface area contributed by atoms with E-state index in [-0.39, 0.29) is 11.5 Å². The van der Waals surface area contributed by atoms with E-state index in [4.69, 9.17) is 9.84 Å². The number of carbonyl (C=O) groups is 2. The Balaban J connectivity index is 1.69. The summed E-state index contributed by atoms with van der Waals surface area (Å²) >= 11 is 0. The van der Waals surface area contributed by atoms with E-state index in [2.05, 4.69) is 5.32 Å². The summed E-state index contributed by atoms with van der Waals surface area (Å²) in [5.74, 6) is -0.423. The van der Waals surface area contributed by atoms with Gasteiger partial charge in [0.1, 0.15) is 12.4 Å². The summed E-state index contributed by atoms with van der Waals surface area (Å²) in [4.78, 5) is 24.3. The van der Waals surface area contributed by atoms with Gasteiger partial charge in [-0.15, -0.1) is 0 Å². The molecule has 1 aliphatic rings. The number of benzene rings is 1. The Kier molecular flexibility index (Phi) is 5.16. The van der Waals surface area contributed by atoms with Gasteiger partial charge in [0.05, 0.1) is 12.1 Å². The third-order valence-electron chi connectivity index (χ3n) is 3.18. The summed E-state index contributed by atoms with van der Waals surface area (Å²) in [6, 6.07) is 6.74. The van der Waals surface area contributed by atoms with Crippen LogP contribution in [0.2, 0.25) is 0 Å². The van der Waals surface area contributed by atoms with Crippen LogP contribution in [0.5, 0.6) is 5.75 Å². The van der Waals surface area contributed by atoms with Crippen molar-refractivity contribution in [2.24, 2.45) is 0 Å². The Morgan fingerprint density at radius 1 is 1.43 bits per heavy atom. The highest BCUT2D eigenvalue weighted by Gasteiger charge is 2.23. The maximum absolute atomic E-state index is 11.6. The fourth-order valence-corrected chi connectivity index (χ4v) is 1.86. The Hall–Kier alpha value is -2.08. The molecule has 1 amide bonds. The lowest BCUT2D eigenvalue weighted by atomic mass is 10.2. The Labute approximate surface area is 123 Å². The van der Waals surface area contributed by atoms with Crippen molar-refractivity contribution >= 4 is 11.9 Å². The summed E-state index contributed by atoms with van der Waals surface area (Å²) in [5.41, 5.74) is 0.199. The summed E-state index contributed by atoms with van der Waals surface area (Å²) in [6.07, 6.45) is 2.16. The second-order valence-corrected chi connectivity index (χ2v) is 5.26. The van der Waals surface area contributed by atoms with E-state index < -0.39 is 5.97 Å². The van der Waals surface area contributed by atoms with Crippen molar-refractivity contribution < 1.29 is 19.4 Å². The van der Waals surface area contributed by atoms with Crippen molar-refractivity contribution in [2.75, 3.05) is 26.7 Å². The Morgan fingerprint density at radius 2 is 2.19 bits per heavy atom. The van der Waals surface area contributed by atoms with Gasteiger partial charge in [-0.25, -0.2) is 4.79 Å². The zero-order chi connectivity index (χ0) is 15.2. The molecule has 2 N–H and O–H groups in total. The average molecular weight is 292 g/mol. The standard InChI is InChI=1S/C15H20N2O4/c1-17(10-14(18)16-12-5-6-12)7-8-21-13-4-2-3-11(9-13)15(19)20/h2-4,9,12H,5-8,10H2,1H3,(H,16,18)(H,19,20). The number of carboxylic acids is 1. The van der Waals surface area contributed by atoms with Crippen LogP contribution in [0.25, 0.3) is 0 Å². The minimum Gasteiger partial charge on any atom is -0.492 e. The molecule has 0 bridgehead atoms. The SMILES string of the molecule is CN(CCOc1cccc(C(=O)O)c1)CC(=O)NC1CC1. The number of nitrogens with one attached hydrogen (secondary N) is 1. The van der Waals surface area contributed by atoms with Crippen LogP contribution in [-0.4, -0.2) is 54.7 Å². The van der Waals surface area contributed by atoms with Gasteiger partial charge in [0.15, 0.2) is 0 Å². The number of likely N-dealkylation sites (N-methyl/N-ethyl adjacent to an activating group) is 1. The minimum atomic E-state index is -0.977. The summed E-state index contributed by atoms with van der Waals surface area (Å²) < 4.78 is 5.51. The van der Waals surface area contributed by atoms with Crippen LogP contribution in [0.3, 0.4) is 0 Å². The zero-order valence-corrected chi connectivity index (χ0v) is 12.0. The van der Waals surface area contributed by atoms with Gasteiger partial charge in [-0.05, 0) is 38.1 Å². The van der Waals surface area contributed by atoms with E-state index in [9.17, 15) is 9.59 Å². The van der Waals surface area contributed by atoms with Gasteiger partial charge in [-0.2, -0.15) is 0 Å². The number of amides is 1. The molecule has 6 heteroatoms. The molecular weight excluding hydrogens is 272 g/mol. The van der Waals surface area contributed by atoms with Crippen molar-refractivity contribution in [1.82, 2.24) is 10.2 Å². The van der Waals surface area contributed by atoms with E-state index in [0.29, 0.717) is 31.5 Å². The normalized spacial score (nSPS) is 14.0. The maximum atomic E-state index is 11.6. The third-order valence-corrected chi connectivity index (χ3v) is 3.18. The first kappa shape index (κ1) is 15.3. The van der Waals surface area contributed by atoms with Crippen molar-refractivity contribution in [3.05, 3.63) is 29.8 Å². The van der Waals surface area contributed by atoms with Crippen molar-refractivity contribution in [3.63, 3.8) is 0 Å². The predicted molar refractivity (Wildman–Crippen MR) is 77.6 cm³/mol. The van der Waals surface area contributed by atoms with E-state index in [1.165, 1.54) is 12.1 Å². The number of hydrogen-bond donors (Lipinski definition) is 2. The molecule has 1 saturated carbocycles. The van der Waals surface area contributed by atoms with Gasteiger partial charge in [0.25, 0.3) is 0 Å². The molecule has 0 aromatic heterocycles. The molecular formula is C15H20N2O4. The van der Waals surface area contributed by atoms with Gasteiger partial charge in [-0.1, -0.05) is 6.07 Å². The Bertz CT molecular complexity index is 514. The minimum absolute atomic E-state index is 0.0351. The molecule has 0 saturated heterocycles. The van der Waals surface area contributed by atoms with Crippen molar-refractivity contribution in [3.8, 4) is 5.75 Å². The smallest absolute Gasteiger partial charge is 0.335 e. The van der Waals surface area contributed by atoms with Crippen molar-refractivity contribution in [1.29, 1.82) is 0 Å². The molecule has 0 heterocycles. The van der Waals surface area contributed by atoms with Gasteiger partial charge >= 0.3 is 5.97 Å². The molecule has 6 nitrogen and oxygen atoms in total. The lowest BCUT2D eigenvalue weighted by Crippen LogP contribution is -2.37. The molecule has 0 aliphatic heterocycles. The van der Waals surface area contributed by atoms with Crippen LogP contribution >= 0.6 is 0 Å². The average Bonchev–Trinajstić information content (AvgIpc) is 3.22. The molecule has 114 valence electrons. The molecule has 0 radical (unpaired) electrons. The second-order valence-electron chi connectivity index (χ2n) is 5.26. The first-order valence-electron chi connectivity index (χ1n) is 6.98. The number of carboxylic acid groups (broad SMARTS) is 1. The first-order valence-corrected chi connectivity index (χ1v) is 6.98. The molecule has 21 heavy (non-hydrogen) atoms. The molecule has 2 rings (SSSR count). The van der Waals surface area contributed by atoms with E-state index in [0.717, 1.165) is 12.8 Å². The highest BCUT2D eigenvalue weighted by Crippen LogP contribution is 2.18. The van der Waals surface area contributed by atoms with Crippen LogP contribution in [0.4, 0.5) is 0 Å². The Morgan fingerprint density at radius 3 is 2.86 bits per heavy atom. The number of hydrogen-bond acceptors (Lipinski definition) is 4. The summed E-state index contributed by atoms with van der Waals surface area (Å²) in [5, 5.41) is 11.8. The number of aromatic carboxylic acids is 1. The lowest BCUT2D eigenvalue weighted by molar-refractivity contribution is -0.122. The molecule has 1 aliphatic carbocycles. The lowest BCUT2D eigenvalue weighted by Gasteiger charge is -2.16. The largest absolute Gasteiger partial charge is 0.492 e. The third kappa shape index (κ3) is 5.43. The first-order chi connectivity index (χ1) is 10.0. The van der Waals surface area contributed by atoms with Crippen molar-refractivity contribution in [2.45, 2.75) is 18.9 Å². The summed E-state index contributed by atoms with van der Waals surface area (Å²) in [7, 11) is 1.85. The second kappa shape index (κ2) is 7.08. The molecule has 1 aromatic carbocycles. The van der Waals surface area contributed by atoms with Crippen LogP contribution in [0.1, 0.15) is 23.2 Å². The van der Waals surface area contributed by atoms with E-state index in [1.54, 1.807) is 12.1 Å². The highest BCUT2D eigenvalue weighted by molar-refractivity contribution is 5.88. The number of rotatable bonds is 8. The van der Waals surface area contributed by atoms with E-state index >= 15 is 0 Å². The van der Waals surface area contributed by atoms with Gasteiger partial charge in [0, 0.05) is 12.6 Å².